The summed E-state index contributed by atoms with van der Waals surface area (Å²) in [5.74, 6) is 0.797. The largest absolute Gasteiger partial charge is 0.497 e. The molecule has 4 heteroatoms. The number of pyridine rings is 1. The van der Waals surface area contributed by atoms with Crippen LogP contribution in [0.4, 0.5) is 0 Å². The van der Waals surface area contributed by atoms with Crippen molar-refractivity contribution in [3.8, 4) is 17.0 Å². The minimum Gasteiger partial charge on any atom is -0.497 e. The predicted molar refractivity (Wildman–Crippen MR) is 88.1 cm³/mol. The van der Waals surface area contributed by atoms with Gasteiger partial charge in [-0.15, -0.1) is 0 Å². The van der Waals surface area contributed by atoms with Crippen LogP contribution in [-0.4, -0.2) is 11.7 Å². The second kappa shape index (κ2) is 6.36. The first-order chi connectivity index (χ1) is 10.7. The van der Waals surface area contributed by atoms with Crippen LogP contribution in [0.25, 0.3) is 11.3 Å². The molecule has 0 saturated heterocycles. The Labute approximate surface area is 130 Å². The molecule has 2 N–H and O–H groups in total. The molecule has 2 aromatic rings. The van der Waals surface area contributed by atoms with E-state index >= 15 is 0 Å². The molecule has 0 amide bonds. The molecule has 22 heavy (non-hydrogen) atoms. The first-order valence-electron chi connectivity index (χ1n) is 7.83. The summed E-state index contributed by atoms with van der Waals surface area (Å²) >= 11 is 0. The average Bonchev–Trinajstić information content (AvgIpc) is 3.08. The molecule has 0 unspecified atom stereocenters. The Morgan fingerprint density at radius 3 is 2.68 bits per heavy atom. The lowest BCUT2D eigenvalue weighted by Crippen LogP contribution is -2.29. The van der Waals surface area contributed by atoms with Crippen molar-refractivity contribution in [3.63, 3.8) is 0 Å². The van der Waals surface area contributed by atoms with Crippen molar-refractivity contribution < 1.29 is 4.74 Å². The molecule has 0 atom stereocenters. The van der Waals surface area contributed by atoms with E-state index < -0.39 is 0 Å². The first kappa shape index (κ1) is 14.9. The van der Waals surface area contributed by atoms with E-state index in [0.29, 0.717) is 5.56 Å². The van der Waals surface area contributed by atoms with Crippen molar-refractivity contribution in [2.75, 3.05) is 7.11 Å². The number of benzene rings is 1. The Hall–Kier alpha value is -2.07. The maximum atomic E-state index is 12.8. The molecule has 1 heterocycles. The van der Waals surface area contributed by atoms with Gasteiger partial charge in [-0.1, -0.05) is 31.0 Å². The van der Waals surface area contributed by atoms with Crippen LogP contribution in [0.2, 0.25) is 0 Å². The zero-order chi connectivity index (χ0) is 15.5. The summed E-state index contributed by atoms with van der Waals surface area (Å²) in [5, 5.41) is 0. The topological polar surface area (TPSA) is 57.2 Å². The summed E-state index contributed by atoms with van der Waals surface area (Å²) < 4.78 is 7.26. The van der Waals surface area contributed by atoms with Crippen molar-refractivity contribution in [3.05, 3.63) is 52.3 Å². The minimum absolute atomic E-state index is 0.0507. The molecule has 1 aliphatic rings. The maximum absolute atomic E-state index is 12.8. The highest BCUT2D eigenvalue weighted by atomic mass is 16.5. The fraction of sp³-hybridized carbons (Fsp3) is 0.389. The zero-order valence-corrected chi connectivity index (χ0v) is 12.9. The van der Waals surface area contributed by atoms with Crippen LogP contribution >= 0.6 is 0 Å². The zero-order valence-electron chi connectivity index (χ0n) is 12.9. The van der Waals surface area contributed by atoms with E-state index in [1.54, 1.807) is 7.11 Å². The third-order valence-corrected chi connectivity index (χ3v) is 4.47. The number of nitrogens with two attached hydrogens (primary N) is 1. The van der Waals surface area contributed by atoms with Gasteiger partial charge in [0.15, 0.2) is 0 Å². The van der Waals surface area contributed by atoms with E-state index in [1.807, 2.05) is 41.0 Å². The summed E-state index contributed by atoms with van der Waals surface area (Å²) in [4.78, 5) is 12.8. The van der Waals surface area contributed by atoms with E-state index in [1.165, 1.54) is 12.8 Å². The Morgan fingerprint density at radius 1 is 1.23 bits per heavy atom. The molecule has 1 fully saturated rings. The standard InChI is InChI=1S/C18H22N2O2/c1-22-16-8-4-5-13(11-16)17-10-9-14(12-19)18(21)20(17)15-6-2-3-7-15/h4-5,8-11,15H,2-3,6-7,12,19H2,1H3. The smallest absolute Gasteiger partial charge is 0.255 e. The number of aromatic nitrogens is 1. The van der Waals surface area contributed by atoms with E-state index in [4.69, 9.17) is 10.5 Å². The monoisotopic (exact) mass is 298 g/mol. The lowest BCUT2D eigenvalue weighted by molar-refractivity contribution is 0.415. The normalized spacial score (nSPS) is 15.2. The van der Waals surface area contributed by atoms with Gasteiger partial charge >= 0.3 is 0 Å². The molecule has 4 nitrogen and oxygen atoms in total. The van der Waals surface area contributed by atoms with E-state index in [0.717, 1.165) is 29.8 Å². The summed E-state index contributed by atoms with van der Waals surface area (Å²) in [6, 6.07) is 12.0. The molecule has 0 spiro atoms. The molecule has 0 radical (unpaired) electrons. The quantitative estimate of drug-likeness (QED) is 0.943. The van der Waals surface area contributed by atoms with Gasteiger partial charge in [0.2, 0.25) is 0 Å². The van der Waals surface area contributed by atoms with Crippen LogP contribution in [0.3, 0.4) is 0 Å². The SMILES string of the molecule is COc1cccc(-c2ccc(CN)c(=O)n2C2CCCC2)c1. The molecule has 0 bridgehead atoms. The van der Waals surface area contributed by atoms with Crippen LogP contribution in [0, 0.1) is 0 Å². The van der Waals surface area contributed by atoms with Crippen LogP contribution in [0.1, 0.15) is 37.3 Å². The van der Waals surface area contributed by atoms with E-state index in [2.05, 4.69) is 0 Å². The molecular formula is C18H22N2O2. The lowest BCUT2D eigenvalue weighted by Gasteiger charge is -2.20. The Balaban J connectivity index is 2.17. The van der Waals surface area contributed by atoms with Crippen LogP contribution in [-0.2, 0) is 6.54 Å². The molecule has 1 aromatic heterocycles. The molecular weight excluding hydrogens is 276 g/mol. The highest BCUT2D eigenvalue weighted by Crippen LogP contribution is 2.33. The van der Waals surface area contributed by atoms with Crippen molar-refractivity contribution in [2.24, 2.45) is 5.73 Å². The molecule has 1 aromatic carbocycles. The maximum Gasteiger partial charge on any atom is 0.255 e. The number of nitrogens with zero attached hydrogens (tertiary/aromatic N) is 1. The summed E-state index contributed by atoms with van der Waals surface area (Å²) in [6.45, 7) is 0.282. The Bertz CT molecular complexity index is 715. The number of rotatable bonds is 4. The van der Waals surface area contributed by atoms with Gasteiger partial charge in [-0.25, -0.2) is 0 Å². The second-order valence-corrected chi connectivity index (χ2v) is 5.79. The van der Waals surface area contributed by atoms with Crippen molar-refractivity contribution in [1.29, 1.82) is 0 Å². The van der Waals surface area contributed by atoms with E-state index in [9.17, 15) is 4.79 Å². The van der Waals surface area contributed by atoms with Gasteiger partial charge in [0, 0.05) is 23.7 Å². The van der Waals surface area contributed by atoms with E-state index in [-0.39, 0.29) is 18.1 Å². The average molecular weight is 298 g/mol. The van der Waals surface area contributed by atoms with Gasteiger partial charge in [-0.05, 0) is 31.0 Å². The van der Waals surface area contributed by atoms with Gasteiger partial charge in [-0.3, -0.25) is 4.79 Å². The fourth-order valence-corrected chi connectivity index (χ4v) is 3.29. The van der Waals surface area contributed by atoms with Gasteiger partial charge in [0.1, 0.15) is 5.75 Å². The predicted octanol–water partition coefficient (Wildman–Crippen LogP) is 3.10. The number of hydrogen-bond acceptors (Lipinski definition) is 3. The summed E-state index contributed by atoms with van der Waals surface area (Å²) in [6.07, 6.45) is 4.48. The van der Waals surface area contributed by atoms with Crippen molar-refractivity contribution in [1.82, 2.24) is 4.57 Å². The van der Waals surface area contributed by atoms with Crippen molar-refractivity contribution >= 4 is 0 Å². The van der Waals surface area contributed by atoms with Crippen LogP contribution < -0.4 is 16.0 Å². The second-order valence-electron chi connectivity index (χ2n) is 5.79. The first-order valence-corrected chi connectivity index (χ1v) is 7.83. The summed E-state index contributed by atoms with van der Waals surface area (Å²) in [5.41, 5.74) is 8.41. The lowest BCUT2D eigenvalue weighted by atomic mass is 10.1. The van der Waals surface area contributed by atoms with Gasteiger partial charge in [0.25, 0.3) is 5.56 Å². The number of ether oxygens (including phenoxy) is 1. The molecule has 1 saturated carbocycles. The molecule has 3 rings (SSSR count). The van der Waals surface area contributed by atoms with Crippen LogP contribution in [0.5, 0.6) is 5.75 Å². The minimum atomic E-state index is 0.0507. The number of hydrogen-bond donors (Lipinski definition) is 1. The third-order valence-electron chi connectivity index (χ3n) is 4.47. The fourth-order valence-electron chi connectivity index (χ4n) is 3.29. The Morgan fingerprint density at radius 2 is 2.00 bits per heavy atom. The highest BCUT2D eigenvalue weighted by Gasteiger charge is 2.22. The van der Waals surface area contributed by atoms with Gasteiger partial charge < -0.3 is 15.0 Å². The molecule has 1 aliphatic carbocycles. The van der Waals surface area contributed by atoms with Gasteiger partial charge in [0.05, 0.1) is 12.8 Å². The van der Waals surface area contributed by atoms with Crippen LogP contribution in [0.15, 0.2) is 41.2 Å². The molecule has 116 valence electrons. The third kappa shape index (κ3) is 2.66. The highest BCUT2D eigenvalue weighted by molar-refractivity contribution is 5.62. The van der Waals surface area contributed by atoms with Crippen molar-refractivity contribution in [2.45, 2.75) is 38.3 Å². The number of methoxy groups -OCH3 is 1. The van der Waals surface area contributed by atoms with Gasteiger partial charge in [-0.2, -0.15) is 0 Å². The molecule has 0 aliphatic heterocycles. The Kier molecular flexibility index (Phi) is 4.29. The summed E-state index contributed by atoms with van der Waals surface area (Å²) in [7, 11) is 1.65.